The minimum atomic E-state index is -0.0547. The minimum Gasteiger partial charge on any atom is -0.399 e. The van der Waals surface area contributed by atoms with E-state index in [0.717, 1.165) is 5.69 Å². The molecule has 0 aliphatic heterocycles. The number of benzene rings is 1. The van der Waals surface area contributed by atoms with Crippen LogP contribution in [0, 0.1) is 0 Å². The lowest BCUT2D eigenvalue weighted by Gasteiger charge is -2.21. The number of carbonyl (C=O) groups excluding carboxylic acids is 1. The van der Waals surface area contributed by atoms with Crippen LogP contribution in [-0.4, -0.2) is 38.5 Å². The van der Waals surface area contributed by atoms with E-state index in [2.05, 4.69) is 6.58 Å². The fraction of sp³-hybridized carbons (Fsp3) is 0.308. The van der Waals surface area contributed by atoms with Crippen LogP contribution in [-0.2, 0) is 0 Å². The van der Waals surface area contributed by atoms with Gasteiger partial charge in [0.15, 0.2) is 0 Å². The molecule has 0 spiro atoms. The van der Waals surface area contributed by atoms with Gasteiger partial charge >= 0.3 is 0 Å². The molecule has 1 aromatic rings. The lowest BCUT2D eigenvalue weighted by atomic mass is 10.1. The maximum absolute atomic E-state index is 12.2. The zero-order chi connectivity index (χ0) is 13.0. The van der Waals surface area contributed by atoms with Crippen LogP contribution >= 0.6 is 0 Å². The van der Waals surface area contributed by atoms with Gasteiger partial charge in [-0.2, -0.15) is 0 Å². The van der Waals surface area contributed by atoms with E-state index in [1.165, 1.54) is 0 Å². The second kappa shape index (κ2) is 5.39. The smallest absolute Gasteiger partial charge is 0.256 e. The largest absolute Gasteiger partial charge is 0.399 e. The molecule has 0 bridgehead atoms. The predicted molar refractivity (Wildman–Crippen MR) is 72.3 cm³/mol. The molecule has 1 aromatic carbocycles. The monoisotopic (exact) mass is 233 g/mol. The van der Waals surface area contributed by atoms with E-state index in [-0.39, 0.29) is 5.91 Å². The molecule has 0 saturated heterocycles. The molecule has 0 aromatic heterocycles. The molecule has 0 atom stereocenters. The molecule has 0 saturated carbocycles. The maximum atomic E-state index is 12.2. The maximum Gasteiger partial charge on any atom is 0.256 e. The number of amides is 1. The summed E-state index contributed by atoms with van der Waals surface area (Å²) in [7, 11) is 5.54. The average molecular weight is 233 g/mol. The van der Waals surface area contributed by atoms with Crippen molar-refractivity contribution in [3.05, 3.63) is 36.4 Å². The molecule has 0 fully saturated rings. The van der Waals surface area contributed by atoms with Gasteiger partial charge < -0.3 is 15.5 Å². The van der Waals surface area contributed by atoms with Crippen LogP contribution in [0.5, 0.6) is 0 Å². The Morgan fingerprint density at radius 2 is 2.06 bits per heavy atom. The zero-order valence-electron chi connectivity index (χ0n) is 10.6. The third-order valence-corrected chi connectivity index (χ3v) is 2.48. The highest BCUT2D eigenvalue weighted by molar-refractivity contribution is 6.00. The number of hydrogen-bond acceptors (Lipinski definition) is 3. The van der Waals surface area contributed by atoms with Crippen LogP contribution in [0.3, 0.4) is 0 Å². The van der Waals surface area contributed by atoms with Crippen molar-refractivity contribution in [2.75, 3.05) is 38.3 Å². The van der Waals surface area contributed by atoms with Gasteiger partial charge in [0.05, 0.1) is 5.56 Å². The second-order valence-corrected chi connectivity index (χ2v) is 4.15. The van der Waals surface area contributed by atoms with E-state index in [1.807, 2.05) is 25.1 Å². The number of rotatable bonds is 4. The van der Waals surface area contributed by atoms with Gasteiger partial charge in [0.2, 0.25) is 0 Å². The molecule has 0 unspecified atom stereocenters. The Labute approximate surface area is 102 Å². The number of hydrogen-bond donors (Lipinski definition) is 1. The summed E-state index contributed by atoms with van der Waals surface area (Å²) in [6.07, 6.45) is 1.69. The molecule has 1 amide bonds. The van der Waals surface area contributed by atoms with Crippen molar-refractivity contribution in [1.82, 2.24) is 4.90 Å². The summed E-state index contributed by atoms with van der Waals surface area (Å²) in [4.78, 5) is 15.7. The highest BCUT2D eigenvalue weighted by atomic mass is 16.2. The summed E-state index contributed by atoms with van der Waals surface area (Å²) < 4.78 is 0. The molecule has 17 heavy (non-hydrogen) atoms. The molecule has 0 aliphatic carbocycles. The first-order valence-electron chi connectivity index (χ1n) is 5.40. The molecule has 92 valence electrons. The number of nitrogens with zero attached hydrogens (tertiary/aromatic N) is 2. The Bertz CT molecular complexity index is 427. The van der Waals surface area contributed by atoms with E-state index in [9.17, 15) is 4.79 Å². The highest BCUT2D eigenvalue weighted by Crippen LogP contribution is 2.22. The van der Waals surface area contributed by atoms with Crippen LogP contribution in [0.25, 0.3) is 0 Å². The molecular formula is C13H19N3O. The Kier molecular flexibility index (Phi) is 4.15. The van der Waals surface area contributed by atoms with Gasteiger partial charge in [-0.1, -0.05) is 6.08 Å². The van der Waals surface area contributed by atoms with Gasteiger partial charge in [-0.05, 0) is 18.2 Å². The van der Waals surface area contributed by atoms with Crippen LogP contribution in [0.15, 0.2) is 30.9 Å². The van der Waals surface area contributed by atoms with Crippen molar-refractivity contribution in [2.24, 2.45) is 0 Å². The van der Waals surface area contributed by atoms with Crippen LogP contribution in [0.1, 0.15) is 10.4 Å². The summed E-state index contributed by atoms with van der Waals surface area (Å²) in [5, 5.41) is 0. The standard InChI is InChI=1S/C13H19N3O/c1-5-8-16(4)13(17)11-9-10(14)6-7-12(11)15(2)3/h5-7,9H,1,8,14H2,2-4H3. The number of nitrogen functional groups attached to an aromatic ring is 1. The Morgan fingerprint density at radius 3 is 2.59 bits per heavy atom. The zero-order valence-corrected chi connectivity index (χ0v) is 10.6. The first-order chi connectivity index (χ1) is 7.97. The summed E-state index contributed by atoms with van der Waals surface area (Å²) in [6.45, 7) is 4.14. The SMILES string of the molecule is C=CCN(C)C(=O)c1cc(N)ccc1N(C)C. The summed E-state index contributed by atoms with van der Waals surface area (Å²) in [5.74, 6) is -0.0547. The molecule has 4 heteroatoms. The van der Waals surface area contributed by atoms with E-state index in [1.54, 1.807) is 30.2 Å². The summed E-state index contributed by atoms with van der Waals surface area (Å²) in [5.41, 5.74) is 7.79. The topological polar surface area (TPSA) is 49.6 Å². The van der Waals surface area contributed by atoms with Crippen molar-refractivity contribution < 1.29 is 4.79 Å². The van der Waals surface area contributed by atoms with Gasteiger partial charge in [0.1, 0.15) is 0 Å². The van der Waals surface area contributed by atoms with Gasteiger partial charge in [0.25, 0.3) is 5.91 Å². The number of carbonyl (C=O) groups is 1. The first kappa shape index (κ1) is 13.1. The summed E-state index contributed by atoms with van der Waals surface area (Å²) >= 11 is 0. The Balaban J connectivity index is 3.14. The second-order valence-electron chi connectivity index (χ2n) is 4.15. The average Bonchev–Trinajstić information content (AvgIpc) is 2.27. The fourth-order valence-electron chi connectivity index (χ4n) is 1.60. The summed E-state index contributed by atoms with van der Waals surface area (Å²) in [6, 6.07) is 5.35. The Morgan fingerprint density at radius 1 is 1.41 bits per heavy atom. The van der Waals surface area contributed by atoms with Gasteiger partial charge in [-0.3, -0.25) is 4.79 Å². The van der Waals surface area contributed by atoms with Gasteiger partial charge in [-0.25, -0.2) is 0 Å². The Hall–Kier alpha value is -1.97. The molecule has 0 heterocycles. The predicted octanol–water partition coefficient (Wildman–Crippen LogP) is 1.59. The molecule has 1 rings (SSSR count). The quantitative estimate of drug-likeness (QED) is 0.634. The fourth-order valence-corrected chi connectivity index (χ4v) is 1.60. The number of likely N-dealkylation sites (N-methyl/N-ethyl adjacent to an activating group) is 1. The normalized spacial score (nSPS) is 9.82. The minimum absolute atomic E-state index is 0.0547. The number of anilines is 2. The molecule has 0 radical (unpaired) electrons. The third-order valence-electron chi connectivity index (χ3n) is 2.48. The molecule has 4 nitrogen and oxygen atoms in total. The van der Waals surface area contributed by atoms with Crippen molar-refractivity contribution in [3.63, 3.8) is 0 Å². The first-order valence-corrected chi connectivity index (χ1v) is 5.40. The third kappa shape index (κ3) is 3.00. The lowest BCUT2D eigenvalue weighted by Crippen LogP contribution is -2.28. The van der Waals surface area contributed by atoms with E-state index in [0.29, 0.717) is 17.8 Å². The van der Waals surface area contributed by atoms with Crippen molar-refractivity contribution in [1.29, 1.82) is 0 Å². The van der Waals surface area contributed by atoms with Crippen molar-refractivity contribution in [2.45, 2.75) is 0 Å². The van der Waals surface area contributed by atoms with Crippen molar-refractivity contribution in [3.8, 4) is 0 Å². The molecule has 0 aliphatic rings. The van der Waals surface area contributed by atoms with E-state index in [4.69, 9.17) is 5.73 Å². The van der Waals surface area contributed by atoms with Crippen LogP contribution < -0.4 is 10.6 Å². The van der Waals surface area contributed by atoms with Crippen molar-refractivity contribution >= 4 is 17.3 Å². The molecular weight excluding hydrogens is 214 g/mol. The van der Waals surface area contributed by atoms with Gasteiger partial charge in [0, 0.05) is 39.1 Å². The van der Waals surface area contributed by atoms with Crippen LogP contribution in [0.4, 0.5) is 11.4 Å². The lowest BCUT2D eigenvalue weighted by molar-refractivity contribution is 0.0811. The van der Waals surface area contributed by atoms with E-state index < -0.39 is 0 Å². The van der Waals surface area contributed by atoms with Gasteiger partial charge in [-0.15, -0.1) is 6.58 Å². The van der Waals surface area contributed by atoms with E-state index >= 15 is 0 Å². The number of nitrogens with two attached hydrogens (primary N) is 1. The highest BCUT2D eigenvalue weighted by Gasteiger charge is 2.16. The van der Waals surface area contributed by atoms with Crippen LogP contribution in [0.2, 0.25) is 0 Å². The molecule has 2 N–H and O–H groups in total.